The van der Waals surface area contributed by atoms with Crippen LogP contribution in [-0.4, -0.2) is 214 Å². The number of aliphatic hydroxyl groups is 8. The molecule has 1 aliphatic carbocycles. The van der Waals surface area contributed by atoms with Crippen molar-refractivity contribution in [2.75, 3.05) is 26.3 Å². The average molecular weight is 775 g/mol. The summed E-state index contributed by atoms with van der Waals surface area (Å²) in [5.74, 6) is 0. The van der Waals surface area contributed by atoms with E-state index in [9.17, 15) is 40.9 Å². The van der Waals surface area contributed by atoms with Gasteiger partial charge in [0.1, 0.15) is 79.4 Å². The maximum absolute atomic E-state index is 11.6. The molecule has 53 heavy (non-hydrogen) atoms. The van der Waals surface area contributed by atoms with E-state index in [4.69, 9.17) is 83.8 Å². The second-order valence-corrected chi connectivity index (χ2v) is 14.3. The molecule has 5 fully saturated rings. The topological polar surface area (TPSA) is 444 Å². The summed E-state index contributed by atoms with van der Waals surface area (Å²) in [4.78, 5) is 0. The molecule has 0 spiro atoms. The highest BCUT2D eigenvalue weighted by Crippen LogP contribution is 2.35. The van der Waals surface area contributed by atoms with Crippen LogP contribution >= 0.6 is 0 Å². The number of nitrogens with two attached hydrogens (primary N) is 8. The lowest BCUT2D eigenvalue weighted by atomic mass is 9.84. The zero-order chi connectivity index (χ0) is 39.0. The Morgan fingerprint density at radius 1 is 0.453 bits per heavy atom. The summed E-state index contributed by atoms with van der Waals surface area (Å²) in [5, 5.41) is 85.0. The summed E-state index contributed by atoms with van der Waals surface area (Å²) in [7, 11) is 0. The van der Waals surface area contributed by atoms with Gasteiger partial charge in [-0.1, -0.05) is 0 Å². The van der Waals surface area contributed by atoms with E-state index in [-0.39, 0.29) is 19.5 Å². The number of aliphatic hydroxyl groups excluding tert-OH is 8. The van der Waals surface area contributed by atoms with E-state index < -0.39 is 160 Å². The maximum Gasteiger partial charge on any atom is 0.187 e. The van der Waals surface area contributed by atoms with Gasteiger partial charge < -0.3 is 125 Å². The lowest BCUT2D eigenvalue weighted by molar-refractivity contribution is -0.308. The van der Waals surface area contributed by atoms with Crippen LogP contribution in [0.5, 0.6) is 0 Å². The highest BCUT2D eigenvalue weighted by molar-refractivity contribution is 5.02. The lowest BCUT2D eigenvalue weighted by Crippen LogP contribution is -2.68. The van der Waals surface area contributed by atoms with Crippen molar-refractivity contribution in [1.82, 2.24) is 0 Å². The van der Waals surface area contributed by atoms with Crippen molar-refractivity contribution in [1.29, 1.82) is 0 Å². The number of rotatable bonds is 12. The van der Waals surface area contributed by atoms with Gasteiger partial charge in [0.05, 0.1) is 43.5 Å². The van der Waals surface area contributed by atoms with Gasteiger partial charge in [0.2, 0.25) is 0 Å². The molecule has 0 radical (unpaired) electrons. The van der Waals surface area contributed by atoms with E-state index in [0.29, 0.717) is 0 Å². The smallest absolute Gasteiger partial charge is 0.187 e. The Labute approximate surface area is 304 Å². The Morgan fingerprint density at radius 3 is 1.47 bits per heavy atom. The molecule has 0 unspecified atom stereocenters. The molecule has 5 aliphatic rings. The first-order valence-electron chi connectivity index (χ1n) is 17.5. The SMILES string of the molecule is NC[C@H]1O[C@H](O[C@H]2[C@H](O[C@@H]3O[C@H](CO[C@@H]4O[C@H](CO)[C@@H](N)[C@@H](N)[C@H]4O)[C@@H](O[C@H]4O[C@H](CN)[C@@H](O)[C@H](O)[C@H]4N)[C@H]3O)[C@@H](O)[C@H](N)C[C@@H]2N)[C@H](N)[C@@H](O)[C@@H]1O. The van der Waals surface area contributed by atoms with E-state index in [2.05, 4.69) is 0 Å². The fourth-order valence-electron chi connectivity index (χ4n) is 7.22. The van der Waals surface area contributed by atoms with E-state index in [0.717, 1.165) is 0 Å². The van der Waals surface area contributed by atoms with Gasteiger partial charge in [0.15, 0.2) is 25.2 Å². The number of hydrogen-bond acceptors (Lipinski definition) is 24. The minimum absolute atomic E-state index is 0.0349. The van der Waals surface area contributed by atoms with Crippen molar-refractivity contribution in [3.63, 3.8) is 0 Å². The van der Waals surface area contributed by atoms with Gasteiger partial charge in [-0.25, -0.2) is 0 Å². The molecule has 0 aromatic carbocycles. The second kappa shape index (κ2) is 18.1. The van der Waals surface area contributed by atoms with Crippen molar-refractivity contribution < 1.29 is 78.7 Å². The molecule has 4 aliphatic heterocycles. The van der Waals surface area contributed by atoms with Crippen molar-refractivity contribution in [2.24, 2.45) is 45.9 Å². The van der Waals surface area contributed by atoms with Gasteiger partial charge in [-0.3, -0.25) is 0 Å². The van der Waals surface area contributed by atoms with Gasteiger partial charge in [0.25, 0.3) is 0 Å². The highest BCUT2D eigenvalue weighted by atomic mass is 16.8. The molecule has 5 rings (SSSR count). The van der Waals surface area contributed by atoms with Gasteiger partial charge in [-0.15, -0.1) is 0 Å². The third-order valence-electron chi connectivity index (χ3n) is 10.7. The van der Waals surface area contributed by atoms with Crippen LogP contribution in [0.2, 0.25) is 0 Å². The minimum Gasteiger partial charge on any atom is -0.394 e. The molecule has 0 aromatic rings. The molecule has 24 atom stereocenters. The molecule has 0 bridgehead atoms. The van der Waals surface area contributed by atoms with Gasteiger partial charge in [-0.05, 0) is 6.42 Å². The van der Waals surface area contributed by atoms with Crippen LogP contribution in [-0.2, 0) is 37.9 Å². The van der Waals surface area contributed by atoms with Crippen LogP contribution < -0.4 is 45.9 Å². The second-order valence-electron chi connectivity index (χ2n) is 14.3. The largest absolute Gasteiger partial charge is 0.394 e. The van der Waals surface area contributed by atoms with Crippen LogP contribution in [0.25, 0.3) is 0 Å². The number of hydrogen-bond donors (Lipinski definition) is 16. The molecular weight excluding hydrogens is 716 g/mol. The Hall–Kier alpha value is -0.960. The van der Waals surface area contributed by atoms with Crippen LogP contribution in [0.4, 0.5) is 0 Å². The Bertz CT molecular complexity index is 1160. The summed E-state index contributed by atoms with van der Waals surface area (Å²) in [5.41, 5.74) is 48.2. The monoisotopic (exact) mass is 774 g/mol. The Kier molecular flexibility index (Phi) is 14.7. The lowest BCUT2D eigenvalue weighted by Gasteiger charge is -2.47. The third-order valence-corrected chi connectivity index (χ3v) is 10.7. The van der Waals surface area contributed by atoms with Crippen LogP contribution in [0, 0.1) is 0 Å². The quantitative estimate of drug-likeness (QED) is 0.0875. The van der Waals surface area contributed by atoms with Crippen molar-refractivity contribution in [3.8, 4) is 0 Å². The van der Waals surface area contributed by atoms with Crippen molar-refractivity contribution in [2.45, 2.75) is 153 Å². The van der Waals surface area contributed by atoms with E-state index in [1.807, 2.05) is 0 Å². The predicted molar refractivity (Wildman–Crippen MR) is 175 cm³/mol. The van der Waals surface area contributed by atoms with Gasteiger partial charge >= 0.3 is 0 Å². The van der Waals surface area contributed by atoms with Gasteiger partial charge in [-0.2, -0.15) is 0 Å². The summed E-state index contributed by atoms with van der Waals surface area (Å²) in [6.07, 6.45) is -25.0. The summed E-state index contributed by atoms with van der Waals surface area (Å²) in [6, 6.07) is -6.46. The summed E-state index contributed by atoms with van der Waals surface area (Å²) >= 11 is 0. The van der Waals surface area contributed by atoms with Crippen LogP contribution in [0.3, 0.4) is 0 Å². The zero-order valence-electron chi connectivity index (χ0n) is 28.9. The molecule has 0 amide bonds. The molecule has 24 N–H and O–H groups in total. The maximum atomic E-state index is 11.6. The van der Waals surface area contributed by atoms with Gasteiger partial charge in [0, 0.05) is 25.2 Å². The Balaban J connectivity index is 1.37. The fraction of sp³-hybridized carbons (Fsp3) is 1.00. The normalized spacial score (nSPS) is 53.9. The molecule has 1 saturated carbocycles. The zero-order valence-corrected chi connectivity index (χ0v) is 28.9. The average Bonchev–Trinajstić information content (AvgIpc) is 3.43. The molecule has 24 heteroatoms. The number of ether oxygens (including phenoxy) is 8. The minimum atomic E-state index is -1.73. The van der Waals surface area contributed by atoms with E-state index in [1.54, 1.807) is 0 Å². The fourth-order valence-corrected chi connectivity index (χ4v) is 7.22. The van der Waals surface area contributed by atoms with Crippen molar-refractivity contribution >= 4 is 0 Å². The highest BCUT2D eigenvalue weighted by Gasteiger charge is 2.55. The summed E-state index contributed by atoms with van der Waals surface area (Å²) < 4.78 is 47.1. The third kappa shape index (κ3) is 8.81. The first kappa shape index (κ1) is 43.2. The predicted octanol–water partition coefficient (Wildman–Crippen LogP) is -11.1. The van der Waals surface area contributed by atoms with E-state index >= 15 is 0 Å². The molecule has 4 heterocycles. The standard InChI is InChI=1S/C29H58N8O16/c30-2-8-17(40)19(42)14(36)26(47-8)51-23-7(33)1-6(32)16(39)25(23)53-29-22(45)24(52-27-15(37)20(43)18(41)9(3-31)48-27)11(50-29)5-46-28-21(44)13(35)12(34)10(4-38)49-28/h6-29,38-45H,1-5,30-37H2/t6-,7+,8-,9-,10-,11-,12-,13-,14-,15-,16+,17-,18-,19-,20-,21-,22-,23-,24-,25-,26-,27-,28-,29+/m1/s1. The van der Waals surface area contributed by atoms with Crippen LogP contribution in [0.1, 0.15) is 6.42 Å². The molecule has 0 aromatic heterocycles. The Morgan fingerprint density at radius 2 is 0.943 bits per heavy atom. The van der Waals surface area contributed by atoms with Crippen molar-refractivity contribution in [3.05, 3.63) is 0 Å². The van der Waals surface area contributed by atoms with E-state index in [1.165, 1.54) is 0 Å². The first-order valence-corrected chi connectivity index (χ1v) is 17.5. The molecule has 310 valence electrons. The first-order chi connectivity index (χ1) is 25.0. The molecule has 4 saturated heterocycles. The van der Waals surface area contributed by atoms with Crippen LogP contribution in [0.15, 0.2) is 0 Å². The molecule has 24 nitrogen and oxygen atoms in total. The molecular formula is C29H58N8O16. The summed E-state index contributed by atoms with van der Waals surface area (Å²) in [6.45, 7) is -1.44.